The van der Waals surface area contributed by atoms with Crippen molar-refractivity contribution in [3.63, 3.8) is 0 Å². The first-order valence-corrected chi connectivity index (χ1v) is 9.21. The van der Waals surface area contributed by atoms with E-state index >= 15 is 0 Å². The minimum absolute atomic E-state index is 0.209. The van der Waals surface area contributed by atoms with Gasteiger partial charge in [-0.2, -0.15) is 0 Å². The largest absolute Gasteiger partial charge is 0.497 e. The molecule has 0 atom stereocenters. The summed E-state index contributed by atoms with van der Waals surface area (Å²) in [4.78, 5) is 27.8. The van der Waals surface area contributed by atoms with Crippen LogP contribution in [0.3, 0.4) is 0 Å². The lowest BCUT2D eigenvalue weighted by Crippen LogP contribution is -2.25. The van der Waals surface area contributed by atoms with Crippen LogP contribution in [-0.2, 0) is 6.42 Å². The number of hydrogen-bond donors (Lipinski definition) is 2. The number of methoxy groups -OCH3 is 1. The number of aromatic nitrogens is 1. The Morgan fingerprint density at radius 3 is 2.44 bits per heavy atom. The molecule has 1 heterocycles. The molecular formula is C20H19N3O3S. The average Bonchev–Trinajstić information content (AvgIpc) is 3.19. The number of carbonyl (C=O) groups excluding carboxylic acids is 2. The van der Waals surface area contributed by atoms with Crippen LogP contribution < -0.4 is 15.8 Å². The number of rotatable bonds is 7. The molecule has 0 unspecified atom stereocenters. The van der Waals surface area contributed by atoms with E-state index in [1.54, 1.807) is 36.8 Å². The highest BCUT2D eigenvalue weighted by Gasteiger charge is 2.12. The zero-order chi connectivity index (χ0) is 19.2. The first-order chi connectivity index (χ1) is 13.1. The Kier molecular flexibility index (Phi) is 5.83. The summed E-state index contributed by atoms with van der Waals surface area (Å²) in [5.74, 6) is 0.124. The van der Waals surface area contributed by atoms with Gasteiger partial charge in [0.25, 0.3) is 5.91 Å². The number of carbonyl (C=O) groups is 2. The number of amides is 2. The van der Waals surface area contributed by atoms with Gasteiger partial charge in [-0.25, -0.2) is 4.98 Å². The van der Waals surface area contributed by atoms with Gasteiger partial charge in [-0.05, 0) is 36.2 Å². The van der Waals surface area contributed by atoms with Crippen LogP contribution in [0.4, 0.5) is 0 Å². The third-order valence-corrected chi connectivity index (χ3v) is 4.90. The summed E-state index contributed by atoms with van der Waals surface area (Å²) in [6.07, 6.45) is 0.724. The van der Waals surface area contributed by atoms with Crippen LogP contribution in [0.5, 0.6) is 5.75 Å². The quantitative estimate of drug-likeness (QED) is 0.658. The Morgan fingerprint density at radius 1 is 1.11 bits per heavy atom. The highest BCUT2D eigenvalue weighted by molar-refractivity contribution is 7.13. The number of benzene rings is 2. The summed E-state index contributed by atoms with van der Waals surface area (Å²) in [5, 5.41) is 5.31. The Labute approximate surface area is 161 Å². The van der Waals surface area contributed by atoms with Gasteiger partial charge in [-0.15, -0.1) is 11.3 Å². The molecule has 0 aliphatic heterocycles. The monoisotopic (exact) mass is 381 g/mol. The zero-order valence-electron chi connectivity index (χ0n) is 14.8. The molecular weight excluding hydrogens is 362 g/mol. The SMILES string of the molecule is COc1ccc(CCNC(=O)c2csc(-c3ccc(C(N)=O)cc3)n2)cc1. The van der Waals surface area contributed by atoms with Crippen molar-refractivity contribution in [3.8, 4) is 16.3 Å². The molecule has 27 heavy (non-hydrogen) atoms. The van der Waals surface area contributed by atoms with Crippen LogP contribution in [0.2, 0.25) is 0 Å². The second-order valence-electron chi connectivity index (χ2n) is 5.83. The molecule has 0 radical (unpaired) electrons. The van der Waals surface area contributed by atoms with Gasteiger partial charge < -0.3 is 15.8 Å². The van der Waals surface area contributed by atoms with Crippen molar-refractivity contribution in [2.45, 2.75) is 6.42 Å². The topological polar surface area (TPSA) is 94.3 Å². The summed E-state index contributed by atoms with van der Waals surface area (Å²) < 4.78 is 5.13. The third-order valence-electron chi connectivity index (χ3n) is 4.01. The van der Waals surface area contributed by atoms with Crippen LogP contribution >= 0.6 is 11.3 Å². The fourth-order valence-electron chi connectivity index (χ4n) is 2.49. The Balaban J connectivity index is 1.56. The van der Waals surface area contributed by atoms with E-state index in [0.717, 1.165) is 23.3 Å². The smallest absolute Gasteiger partial charge is 0.270 e. The fraction of sp³-hybridized carbons (Fsp3) is 0.150. The van der Waals surface area contributed by atoms with Crippen LogP contribution in [0.1, 0.15) is 26.4 Å². The zero-order valence-corrected chi connectivity index (χ0v) is 15.6. The molecule has 138 valence electrons. The van der Waals surface area contributed by atoms with E-state index in [2.05, 4.69) is 10.3 Å². The number of thiazole rings is 1. The minimum atomic E-state index is -0.474. The molecule has 0 saturated carbocycles. The summed E-state index contributed by atoms with van der Waals surface area (Å²) in [5.41, 5.74) is 8.00. The second kappa shape index (κ2) is 8.46. The van der Waals surface area contributed by atoms with Gasteiger partial charge in [-0.3, -0.25) is 9.59 Å². The number of nitrogens with zero attached hydrogens (tertiary/aromatic N) is 1. The maximum absolute atomic E-state index is 12.3. The predicted octanol–water partition coefficient (Wildman–Crippen LogP) is 2.89. The van der Waals surface area contributed by atoms with Crippen molar-refractivity contribution in [1.29, 1.82) is 0 Å². The van der Waals surface area contributed by atoms with E-state index in [-0.39, 0.29) is 5.91 Å². The molecule has 0 spiro atoms. The lowest BCUT2D eigenvalue weighted by molar-refractivity contribution is 0.0948. The van der Waals surface area contributed by atoms with Gasteiger partial charge in [-0.1, -0.05) is 24.3 Å². The molecule has 0 bridgehead atoms. The number of hydrogen-bond acceptors (Lipinski definition) is 5. The van der Waals surface area contributed by atoms with Crippen LogP contribution in [0.15, 0.2) is 53.9 Å². The van der Waals surface area contributed by atoms with Gasteiger partial charge in [0.2, 0.25) is 5.91 Å². The molecule has 0 aliphatic rings. The summed E-state index contributed by atoms with van der Waals surface area (Å²) in [7, 11) is 1.63. The summed E-state index contributed by atoms with van der Waals surface area (Å²) >= 11 is 1.38. The normalized spacial score (nSPS) is 10.4. The number of primary amides is 1. The van der Waals surface area contributed by atoms with Crippen molar-refractivity contribution in [1.82, 2.24) is 10.3 Å². The first kappa shape index (κ1) is 18.6. The van der Waals surface area contributed by atoms with E-state index in [1.807, 2.05) is 24.3 Å². The molecule has 7 heteroatoms. The average molecular weight is 381 g/mol. The summed E-state index contributed by atoms with van der Waals surface area (Å²) in [6.45, 7) is 0.519. The Hall–Kier alpha value is -3.19. The van der Waals surface area contributed by atoms with Crippen molar-refractivity contribution >= 4 is 23.2 Å². The fourth-order valence-corrected chi connectivity index (χ4v) is 3.30. The van der Waals surface area contributed by atoms with Crippen LogP contribution in [-0.4, -0.2) is 30.5 Å². The van der Waals surface area contributed by atoms with Gasteiger partial charge in [0.05, 0.1) is 7.11 Å². The Morgan fingerprint density at radius 2 is 1.81 bits per heavy atom. The standard InChI is InChI=1S/C20H19N3O3S/c1-26-16-8-2-13(3-9-16)10-11-22-19(25)17-12-27-20(23-17)15-6-4-14(5-7-15)18(21)24/h2-9,12H,10-11H2,1H3,(H2,21,24)(H,22,25). The number of ether oxygens (including phenoxy) is 1. The molecule has 1 aromatic heterocycles. The van der Waals surface area contributed by atoms with Crippen molar-refractivity contribution < 1.29 is 14.3 Å². The molecule has 3 N–H and O–H groups in total. The van der Waals surface area contributed by atoms with Crippen molar-refractivity contribution in [3.05, 3.63) is 70.7 Å². The first-order valence-electron chi connectivity index (χ1n) is 8.33. The Bertz CT molecular complexity index is 934. The molecule has 6 nitrogen and oxygen atoms in total. The van der Waals surface area contributed by atoms with E-state index in [9.17, 15) is 9.59 Å². The van der Waals surface area contributed by atoms with Gasteiger partial charge in [0, 0.05) is 23.1 Å². The van der Waals surface area contributed by atoms with E-state index < -0.39 is 5.91 Å². The lowest BCUT2D eigenvalue weighted by atomic mass is 10.1. The number of nitrogens with one attached hydrogen (secondary N) is 1. The highest BCUT2D eigenvalue weighted by Crippen LogP contribution is 2.24. The minimum Gasteiger partial charge on any atom is -0.497 e. The molecule has 0 aliphatic carbocycles. The maximum atomic E-state index is 12.3. The lowest BCUT2D eigenvalue weighted by Gasteiger charge is -2.05. The second-order valence-corrected chi connectivity index (χ2v) is 6.69. The van der Waals surface area contributed by atoms with E-state index in [4.69, 9.17) is 10.5 Å². The molecule has 0 saturated heterocycles. The molecule has 0 fully saturated rings. The molecule has 3 rings (SSSR count). The predicted molar refractivity (Wildman–Crippen MR) is 105 cm³/mol. The van der Waals surface area contributed by atoms with Crippen LogP contribution in [0.25, 0.3) is 10.6 Å². The molecule has 2 aromatic carbocycles. The highest BCUT2D eigenvalue weighted by atomic mass is 32.1. The van der Waals surface area contributed by atoms with E-state index in [0.29, 0.717) is 22.8 Å². The molecule has 2 amide bonds. The van der Waals surface area contributed by atoms with Crippen molar-refractivity contribution in [2.24, 2.45) is 5.73 Å². The third kappa shape index (κ3) is 4.71. The van der Waals surface area contributed by atoms with Gasteiger partial charge in [0.15, 0.2) is 0 Å². The van der Waals surface area contributed by atoms with Crippen LogP contribution in [0, 0.1) is 0 Å². The van der Waals surface area contributed by atoms with Crippen molar-refractivity contribution in [2.75, 3.05) is 13.7 Å². The van der Waals surface area contributed by atoms with E-state index in [1.165, 1.54) is 11.3 Å². The summed E-state index contributed by atoms with van der Waals surface area (Å²) in [6, 6.07) is 14.6. The van der Waals surface area contributed by atoms with Gasteiger partial charge >= 0.3 is 0 Å². The number of nitrogens with two attached hydrogens (primary N) is 1. The van der Waals surface area contributed by atoms with Gasteiger partial charge in [0.1, 0.15) is 16.5 Å². The molecule has 3 aromatic rings. The maximum Gasteiger partial charge on any atom is 0.270 e.